The Bertz CT molecular complexity index is 851. The normalized spacial score (nSPS) is 16.1. The minimum Gasteiger partial charge on any atom is -0.480 e. The van der Waals surface area contributed by atoms with Gasteiger partial charge in [0.05, 0.1) is 12.3 Å². The van der Waals surface area contributed by atoms with E-state index in [2.05, 4.69) is 10.4 Å². The van der Waals surface area contributed by atoms with Gasteiger partial charge in [0.1, 0.15) is 5.71 Å². The number of amides is 1. The first-order valence-corrected chi connectivity index (χ1v) is 8.58. The SMILES string of the molecule is COCc1ccccc1CNC(=O)C1=NN(c2ccccc2)C(C(=O)O)C1. The molecule has 1 aliphatic rings. The summed E-state index contributed by atoms with van der Waals surface area (Å²) in [6.07, 6.45) is 0.0514. The van der Waals surface area contributed by atoms with Gasteiger partial charge in [0.15, 0.2) is 6.04 Å². The molecule has 27 heavy (non-hydrogen) atoms. The zero-order chi connectivity index (χ0) is 19.2. The van der Waals surface area contributed by atoms with Crippen LogP contribution >= 0.6 is 0 Å². The predicted molar refractivity (Wildman–Crippen MR) is 101 cm³/mol. The number of hydrazone groups is 1. The molecule has 1 heterocycles. The molecule has 0 spiro atoms. The monoisotopic (exact) mass is 367 g/mol. The molecule has 1 atom stereocenters. The lowest BCUT2D eigenvalue weighted by Gasteiger charge is -2.19. The largest absolute Gasteiger partial charge is 0.480 e. The lowest BCUT2D eigenvalue weighted by Crippen LogP contribution is -2.35. The first kappa shape index (κ1) is 18.6. The number of nitrogens with zero attached hydrogens (tertiary/aromatic N) is 2. The maximum Gasteiger partial charge on any atom is 0.328 e. The Hall–Kier alpha value is -3.19. The van der Waals surface area contributed by atoms with Crippen LogP contribution in [0.1, 0.15) is 17.5 Å². The Morgan fingerprint density at radius 1 is 1.15 bits per heavy atom. The number of aliphatic carboxylic acids is 1. The van der Waals surface area contributed by atoms with Crippen molar-refractivity contribution in [3.8, 4) is 0 Å². The molecule has 0 radical (unpaired) electrons. The topological polar surface area (TPSA) is 91.2 Å². The highest BCUT2D eigenvalue weighted by atomic mass is 16.5. The van der Waals surface area contributed by atoms with E-state index in [4.69, 9.17) is 4.74 Å². The molecule has 0 saturated heterocycles. The number of hydrogen-bond acceptors (Lipinski definition) is 5. The zero-order valence-electron chi connectivity index (χ0n) is 15.0. The quantitative estimate of drug-likeness (QED) is 0.783. The van der Waals surface area contributed by atoms with Crippen molar-refractivity contribution in [2.24, 2.45) is 5.10 Å². The number of ether oxygens (including phenoxy) is 1. The molecule has 1 aliphatic heterocycles. The standard InChI is InChI=1S/C20H21N3O4/c1-27-13-15-8-6-5-7-14(15)12-21-19(24)17-11-18(20(25)26)23(22-17)16-9-3-2-4-10-16/h2-10,18H,11-13H2,1H3,(H,21,24)(H,25,26). The molecule has 2 aromatic rings. The van der Waals surface area contributed by atoms with E-state index in [9.17, 15) is 14.7 Å². The van der Waals surface area contributed by atoms with Crippen LogP contribution in [0, 0.1) is 0 Å². The molecule has 0 aliphatic carbocycles. The van der Waals surface area contributed by atoms with E-state index in [-0.39, 0.29) is 18.0 Å². The summed E-state index contributed by atoms with van der Waals surface area (Å²) in [4.78, 5) is 24.1. The number of rotatable bonds is 7. The molecule has 2 N–H and O–H groups in total. The maximum absolute atomic E-state index is 12.5. The maximum atomic E-state index is 12.5. The lowest BCUT2D eigenvalue weighted by atomic mass is 10.1. The summed E-state index contributed by atoms with van der Waals surface area (Å²) in [5.41, 5.74) is 2.78. The highest BCUT2D eigenvalue weighted by molar-refractivity contribution is 6.40. The van der Waals surface area contributed by atoms with Crippen LogP contribution < -0.4 is 10.3 Å². The number of carbonyl (C=O) groups excluding carboxylic acids is 1. The summed E-state index contributed by atoms with van der Waals surface area (Å²) in [6.45, 7) is 0.774. The van der Waals surface area contributed by atoms with Gasteiger partial charge in [0.25, 0.3) is 5.91 Å². The molecule has 0 aromatic heterocycles. The molecule has 0 fully saturated rings. The fourth-order valence-corrected chi connectivity index (χ4v) is 2.96. The summed E-state index contributed by atoms with van der Waals surface area (Å²) < 4.78 is 5.17. The van der Waals surface area contributed by atoms with E-state index < -0.39 is 12.0 Å². The van der Waals surface area contributed by atoms with Gasteiger partial charge < -0.3 is 15.2 Å². The van der Waals surface area contributed by atoms with Crippen LogP contribution in [0.25, 0.3) is 0 Å². The summed E-state index contributed by atoms with van der Waals surface area (Å²) in [6, 6.07) is 15.7. The van der Waals surface area contributed by atoms with Gasteiger partial charge in [-0.15, -0.1) is 0 Å². The summed E-state index contributed by atoms with van der Waals surface area (Å²) in [5.74, 6) is -1.39. The third-order valence-electron chi connectivity index (χ3n) is 4.34. The third kappa shape index (κ3) is 4.32. The Balaban J connectivity index is 1.72. The van der Waals surface area contributed by atoms with Crippen molar-refractivity contribution < 1.29 is 19.4 Å². The molecule has 1 amide bonds. The number of carbonyl (C=O) groups is 2. The smallest absolute Gasteiger partial charge is 0.328 e. The Morgan fingerprint density at radius 3 is 2.48 bits per heavy atom. The van der Waals surface area contributed by atoms with Crippen molar-refractivity contribution in [1.29, 1.82) is 0 Å². The fourth-order valence-electron chi connectivity index (χ4n) is 2.96. The number of para-hydroxylation sites is 1. The molecule has 7 heteroatoms. The van der Waals surface area contributed by atoms with Gasteiger partial charge in [-0.2, -0.15) is 5.10 Å². The summed E-state index contributed by atoms with van der Waals surface area (Å²) in [7, 11) is 1.62. The highest BCUT2D eigenvalue weighted by Crippen LogP contribution is 2.24. The second-order valence-corrected chi connectivity index (χ2v) is 6.17. The van der Waals surface area contributed by atoms with Crippen molar-refractivity contribution >= 4 is 23.3 Å². The van der Waals surface area contributed by atoms with Crippen molar-refractivity contribution in [3.63, 3.8) is 0 Å². The van der Waals surface area contributed by atoms with E-state index >= 15 is 0 Å². The van der Waals surface area contributed by atoms with Crippen LogP contribution in [-0.2, 0) is 27.5 Å². The second kappa shape index (κ2) is 8.46. The molecule has 7 nitrogen and oxygen atoms in total. The van der Waals surface area contributed by atoms with Gasteiger partial charge in [-0.25, -0.2) is 4.79 Å². The molecule has 0 bridgehead atoms. The van der Waals surface area contributed by atoms with Crippen LogP contribution in [-0.4, -0.2) is 35.8 Å². The number of hydrogen-bond donors (Lipinski definition) is 2. The predicted octanol–water partition coefficient (Wildman–Crippen LogP) is 2.17. The van der Waals surface area contributed by atoms with Gasteiger partial charge in [0, 0.05) is 20.1 Å². The number of nitrogens with one attached hydrogen (secondary N) is 1. The van der Waals surface area contributed by atoms with Crippen LogP contribution in [0.15, 0.2) is 59.7 Å². The molecule has 3 rings (SSSR count). The van der Waals surface area contributed by atoms with Crippen molar-refractivity contribution in [3.05, 3.63) is 65.7 Å². The van der Waals surface area contributed by atoms with Crippen LogP contribution in [0.5, 0.6) is 0 Å². The van der Waals surface area contributed by atoms with E-state index in [1.165, 1.54) is 5.01 Å². The van der Waals surface area contributed by atoms with E-state index in [0.717, 1.165) is 11.1 Å². The molecule has 0 saturated carbocycles. The summed E-state index contributed by atoms with van der Waals surface area (Å²) in [5, 5.41) is 18.0. The number of benzene rings is 2. The number of carboxylic acid groups (broad SMARTS) is 1. The molecule has 1 unspecified atom stereocenters. The number of methoxy groups -OCH3 is 1. The number of anilines is 1. The van der Waals surface area contributed by atoms with E-state index in [0.29, 0.717) is 18.8 Å². The fraction of sp³-hybridized carbons (Fsp3) is 0.250. The van der Waals surface area contributed by atoms with Gasteiger partial charge >= 0.3 is 5.97 Å². The van der Waals surface area contributed by atoms with E-state index in [1.54, 1.807) is 31.4 Å². The van der Waals surface area contributed by atoms with Crippen LogP contribution in [0.4, 0.5) is 5.69 Å². The Labute approximate surface area is 157 Å². The van der Waals surface area contributed by atoms with Crippen molar-refractivity contribution in [1.82, 2.24) is 5.32 Å². The average Bonchev–Trinajstić information content (AvgIpc) is 3.14. The molecule has 2 aromatic carbocycles. The minimum atomic E-state index is -1.02. The van der Waals surface area contributed by atoms with Gasteiger partial charge in [-0.1, -0.05) is 42.5 Å². The molecular weight excluding hydrogens is 346 g/mol. The zero-order valence-corrected chi connectivity index (χ0v) is 15.0. The lowest BCUT2D eigenvalue weighted by molar-refractivity contribution is -0.138. The van der Waals surface area contributed by atoms with E-state index in [1.807, 2.05) is 30.3 Å². The summed E-state index contributed by atoms with van der Waals surface area (Å²) >= 11 is 0. The van der Waals surface area contributed by atoms with Crippen molar-refractivity contribution in [2.45, 2.75) is 25.6 Å². The average molecular weight is 367 g/mol. The Morgan fingerprint density at radius 2 is 1.81 bits per heavy atom. The number of carboxylic acids is 1. The molecular formula is C20H21N3O4. The third-order valence-corrected chi connectivity index (χ3v) is 4.34. The first-order chi connectivity index (χ1) is 13.1. The second-order valence-electron chi connectivity index (χ2n) is 6.17. The molecule has 140 valence electrons. The Kier molecular flexibility index (Phi) is 5.83. The van der Waals surface area contributed by atoms with Gasteiger partial charge in [-0.05, 0) is 23.3 Å². The minimum absolute atomic E-state index is 0.0514. The van der Waals surface area contributed by atoms with Gasteiger partial charge in [-0.3, -0.25) is 9.80 Å². The van der Waals surface area contributed by atoms with Crippen molar-refractivity contribution in [2.75, 3.05) is 12.1 Å². The first-order valence-electron chi connectivity index (χ1n) is 8.58. The van der Waals surface area contributed by atoms with Crippen LogP contribution in [0.3, 0.4) is 0 Å². The highest BCUT2D eigenvalue weighted by Gasteiger charge is 2.36. The van der Waals surface area contributed by atoms with Crippen LogP contribution in [0.2, 0.25) is 0 Å². The van der Waals surface area contributed by atoms with Gasteiger partial charge in [0.2, 0.25) is 0 Å².